The van der Waals surface area contributed by atoms with E-state index in [1.807, 2.05) is 26.0 Å². The van der Waals surface area contributed by atoms with E-state index in [1.165, 1.54) is 11.3 Å². The maximum Gasteiger partial charge on any atom is 0.274 e. The lowest BCUT2D eigenvalue weighted by Gasteiger charge is -2.40. The fourth-order valence-corrected chi connectivity index (χ4v) is 5.05. The number of anilines is 1. The number of aromatic nitrogens is 4. The van der Waals surface area contributed by atoms with E-state index in [2.05, 4.69) is 30.6 Å². The zero-order chi connectivity index (χ0) is 23.7. The first-order valence-electron chi connectivity index (χ1n) is 11.5. The van der Waals surface area contributed by atoms with E-state index >= 15 is 0 Å². The van der Waals surface area contributed by atoms with Gasteiger partial charge in [-0.15, -0.1) is 11.3 Å². The molecule has 11 heteroatoms. The Labute approximate surface area is 201 Å². The first-order valence-corrected chi connectivity index (χ1v) is 12.3. The van der Waals surface area contributed by atoms with Crippen molar-refractivity contribution in [2.24, 2.45) is 5.92 Å². The van der Waals surface area contributed by atoms with Crippen LogP contribution in [-0.4, -0.2) is 69.0 Å². The number of amides is 2. The highest BCUT2D eigenvalue weighted by Gasteiger charge is 2.35. The number of likely N-dealkylation sites (tertiary alicyclic amines) is 1. The van der Waals surface area contributed by atoms with Crippen molar-refractivity contribution in [2.45, 2.75) is 38.8 Å². The van der Waals surface area contributed by atoms with Gasteiger partial charge in [0.15, 0.2) is 11.3 Å². The average Bonchev–Trinajstić information content (AvgIpc) is 3.21. The zero-order valence-corrected chi connectivity index (χ0v) is 20.0. The van der Waals surface area contributed by atoms with Crippen molar-refractivity contribution in [3.05, 3.63) is 40.8 Å². The molecule has 2 saturated heterocycles. The molecule has 3 aromatic heterocycles. The molecule has 5 rings (SSSR count). The highest BCUT2D eigenvalue weighted by Crippen LogP contribution is 2.28. The topological polar surface area (TPSA) is 122 Å². The Morgan fingerprint density at radius 3 is 2.74 bits per heavy atom. The van der Waals surface area contributed by atoms with Gasteiger partial charge in [0.05, 0.1) is 17.1 Å². The molecule has 0 saturated carbocycles. The Hall–Kier alpha value is -3.18. The van der Waals surface area contributed by atoms with Crippen LogP contribution in [0, 0.1) is 12.8 Å². The Kier molecular flexibility index (Phi) is 6.38. The smallest absolute Gasteiger partial charge is 0.274 e. The molecular weight excluding hydrogens is 454 g/mol. The van der Waals surface area contributed by atoms with Gasteiger partial charge in [0, 0.05) is 44.6 Å². The van der Waals surface area contributed by atoms with Gasteiger partial charge >= 0.3 is 0 Å². The number of carbonyl (C=O) groups is 2. The predicted octanol–water partition coefficient (Wildman–Crippen LogP) is 2.33. The molecule has 3 aromatic rings. The van der Waals surface area contributed by atoms with Crippen molar-refractivity contribution in [1.82, 2.24) is 30.2 Å². The zero-order valence-electron chi connectivity index (χ0n) is 19.2. The Bertz CT molecular complexity index is 1190. The van der Waals surface area contributed by atoms with Crippen LogP contribution >= 0.6 is 11.3 Å². The second kappa shape index (κ2) is 9.59. The number of aryl methyl sites for hydroxylation is 1. The summed E-state index contributed by atoms with van der Waals surface area (Å²) in [6.07, 6.45) is 5.00. The minimum atomic E-state index is -0.176. The summed E-state index contributed by atoms with van der Waals surface area (Å²) >= 11 is 1.41. The van der Waals surface area contributed by atoms with E-state index in [9.17, 15) is 9.59 Å². The van der Waals surface area contributed by atoms with Crippen LogP contribution in [0.4, 0.5) is 5.95 Å². The van der Waals surface area contributed by atoms with Crippen LogP contribution in [0.1, 0.15) is 46.9 Å². The minimum Gasteiger partial charge on any atom is -0.381 e. The van der Waals surface area contributed by atoms with Crippen molar-refractivity contribution in [1.29, 1.82) is 0 Å². The number of rotatable bonds is 6. The van der Waals surface area contributed by atoms with Crippen molar-refractivity contribution in [3.8, 4) is 0 Å². The largest absolute Gasteiger partial charge is 0.381 e. The normalized spacial score (nSPS) is 17.9. The Morgan fingerprint density at radius 2 is 2.00 bits per heavy atom. The maximum atomic E-state index is 13.3. The standard InChI is InChI=1S/C23H27N7O3S/c1-13(16-4-3-7-24-10-16)25-23-28-18(19-20(29-23)26-14(2)34-19)22(32)30-11-17(12-30)27-21(31)15-5-8-33-9-6-15/h3-4,7,10,13,15,17H,5-6,8-9,11-12H2,1-2H3,(H,27,31)(H,25,28,29)/t13-/m0/s1. The molecule has 2 aliphatic rings. The summed E-state index contributed by atoms with van der Waals surface area (Å²) in [6, 6.07) is 3.71. The monoisotopic (exact) mass is 481 g/mol. The number of fused-ring (bicyclic) bond motifs is 1. The van der Waals surface area contributed by atoms with E-state index < -0.39 is 0 Å². The number of ether oxygens (including phenoxy) is 1. The van der Waals surface area contributed by atoms with Crippen molar-refractivity contribution >= 4 is 39.4 Å². The van der Waals surface area contributed by atoms with Crippen LogP contribution in [0.3, 0.4) is 0 Å². The Morgan fingerprint density at radius 1 is 1.21 bits per heavy atom. The highest BCUT2D eigenvalue weighted by molar-refractivity contribution is 7.18. The summed E-state index contributed by atoms with van der Waals surface area (Å²) in [5.74, 6) is 0.224. The lowest BCUT2D eigenvalue weighted by atomic mass is 9.98. The third-order valence-electron chi connectivity index (χ3n) is 6.20. The van der Waals surface area contributed by atoms with Gasteiger partial charge in [-0.2, -0.15) is 4.98 Å². The summed E-state index contributed by atoms with van der Waals surface area (Å²) in [5, 5.41) is 7.16. The van der Waals surface area contributed by atoms with E-state index in [-0.39, 0.29) is 29.8 Å². The number of hydrogen-bond acceptors (Lipinski definition) is 9. The molecular formula is C23H27N7O3S. The molecule has 2 N–H and O–H groups in total. The molecule has 2 amide bonds. The van der Waals surface area contributed by atoms with Gasteiger partial charge in [-0.25, -0.2) is 9.97 Å². The number of carbonyl (C=O) groups excluding carboxylic acids is 2. The lowest BCUT2D eigenvalue weighted by Crippen LogP contribution is -2.61. The molecule has 5 heterocycles. The van der Waals surface area contributed by atoms with Crippen molar-refractivity contribution < 1.29 is 14.3 Å². The van der Waals surface area contributed by atoms with Crippen LogP contribution in [-0.2, 0) is 9.53 Å². The molecule has 0 unspecified atom stereocenters. The summed E-state index contributed by atoms with van der Waals surface area (Å²) in [5.41, 5.74) is 1.83. The molecule has 1 atom stereocenters. The number of nitrogens with one attached hydrogen (secondary N) is 2. The molecule has 2 fully saturated rings. The van der Waals surface area contributed by atoms with Gasteiger partial charge in [-0.1, -0.05) is 6.07 Å². The van der Waals surface area contributed by atoms with Crippen molar-refractivity contribution in [3.63, 3.8) is 0 Å². The first kappa shape index (κ1) is 22.6. The summed E-state index contributed by atoms with van der Waals surface area (Å²) in [4.78, 5) is 45.3. The number of thiazole rings is 1. The molecule has 10 nitrogen and oxygen atoms in total. The minimum absolute atomic E-state index is 0.00408. The van der Waals surface area contributed by atoms with Gasteiger partial charge in [0.25, 0.3) is 5.91 Å². The molecule has 0 aliphatic carbocycles. The van der Waals surface area contributed by atoms with Gasteiger partial charge in [-0.05, 0) is 38.3 Å². The molecule has 34 heavy (non-hydrogen) atoms. The number of pyridine rings is 1. The molecule has 178 valence electrons. The maximum absolute atomic E-state index is 13.3. The highest BCUT2D eigenvalue weighted by atomic mass is 32.1. The molecule has 0 radical (unpaired) electrons. The van der Waals surface area contributed by atoms with Crippen LogP contribution in [0.15, 0.2) is 24.5 Å². The van der Waals surface area contributed by atoms with Gasteiger partial charge in [-0.3, -0.25) is 14.6 Å². The number of hydrogen-bond donors (Lipinski definition) is 2. The third-order valence-corrected chi connectivity index (χ3v) is 7.17. The quantitative estimate of drug-likeness (QED) is 0.550. The third kappa shape index (κ3) is 4.71. The summed E-state index contributed by atoms with van der Waals surface area (Å²) in [6.45, 7) is 6.05. The van der Waals surface area contributed by atoms with Crippen LogP contribution in [0.5, 0.6) is 0 Å². The predicted molar refractivity (Wildman–Crippen MR) is 128 cm³/mol. The molecule has 2 aliphatic heterocycles. The van der Waals surface area contributed by atoms with Crippen LogP contribution in [0.2, 0.25) is 0 Å². The summed E-state index contributed by atoms with van der Waals surface area (Å²) in [7, 11) is 0. The Balaban J connectivity index is 1.29. The van der Waals surface area contributed by atoms with Crippen molar-refractivity contribution in [2.75, 3.05) is 31.6 Å². The second-order valence-electron chi connectivity index (χ2n) is 8.74. The van der Waals surface area contributed by atoms with Gasteiger partial charge in [0.2, 0.25) is 11.9 Å². The first-order chi connectivity index (χ1) is 16.5. The fraction of sp³-hybridized carbons (Fsp3) is 0.478. The van der Waals surface area contributed by atoms with Crippen LogP contribution in [0.25, 0.3) is 10.3 Å². The second-order valence-corrected chi connectivity index (χ2v) is 9.94. The van der Waals surface area contributed by atoms with E-state index in [0.717, 1.165) is 23.4 Å². The molecule has 0 spiro atoms. The van der Waals surface area contributed by atoms with E-state index in [0.29, 0.717) is 48.3 Å². The fourth-order valence-electron chi connectivity index (χ4n) is 4.21. The van der Waals surface area contributed by atoms with Crippen LogP contribution < -0.4 is 10.6 Å². The van der Waals surface area contributed by atoms with E-state index in [1.54, 1.807) is 17.3 Å². The SMILES string of the molecule is Cc1nc2nc(N[C@@H](C)c3cccnc3)nc(C(=O)N3CC(NC(=O)C4CCOCC4)C3)c2s1. The van der Waals surface area contributed by atoms with E-state index in [4.69, 9.17) is 4.74 Å². The van der Waals surface area contributed by atoms with Gasteiger partial charge < -0.3 is 20.3 Å². The number of nitrogens with zero attached hydrogens (tertiary/aromatic N) is 5. The molecule has 0 bridgehead atoms. The van der Waals surface area contributed by atoms with Gasteiger partial charge in [0.1, 0.15) is 4.70 Å². The lowest BCUT2D eigenvalue weighted by molar-refractivity contribution is -0.129. The molecule has 0 aromatic carbocycles. The summed E-state index contributed by atoms with van der Waals surface area (Å²) < 4.78 is 6.01. The average molecular weight is 482 g/mol.